The van der Waals surface area contributed by atoms with Crippen LogP contribution in [-0.4, -0.2) is 26.4 Å². The van der Waals surface area contributed by atoms with Crippen LogP contribution in [0.1, 0.15) is 37.4 Å². The lowest BCUT2D eigenvalue weighted by molar-refractivity contribution is -0.113. The van der Waals surface area contributed by atoms with Gasteiger partial charge in [0.15, 0.2) is 0 Å². The van der Waals surface area contributed by atoms with Crippen LogP contribution in [0.4, 0.5) is 16.0 Å². The van der Waals surface area contributed by atoms with Crippen LogP contribution in [0.2, 0.25) is 5.02 Å². The predicted octanol–water partition coefficient (Wildman–Crippen LogP) is 7.08. The Hall–Kier alpha value is -3.82. The molecule has 2 heterocycles. The molecule has 1 atom stereocenters. The number of allylic oxidation sites excluding steroid dienone is 1. The summed E-state index contributed by atoms with van der Waals surface area (Å²) in [5, 5.41) is 11.9. The van der Waals surface area contributed by atoms with Crippen LogP contribution in [-0.2, 0) is 11.4 Å². The number of fused-ring (bicyclic) bond motifs is 1. The maximum absolute atomic E-state index is 14.2. The molecule has 1 aliphatic heterocycles. The van der Waals surface area contributed by atoms with E-state index in [-0.39, 0.29) is 12.5 Å². The molecule has 1 unspecified atom stereocenters. The summed E-state index contributed by atoms with van der Waals surface area (Å²) in [6.45, 7) is 3.96. The van der Waals surface area contributed by atoms with Gasteiger partial charge < -0.3 is 15.4 Å². The predicted molar refractivity (Wildman–Crippen MR) is 153 cm³/mol. The molecule has 0 radical (unpaired) electrons. The van der Waals surface area contributed by atoms with Crippen molar-refractivity contribution in [3.05, 3.63) is 106 Å². The van der Waals surface area contributed by atoms with E-state index in [0.29, 0.717) is 44.4 Å². The number of ether oxygens (including phenoxy) is 1. The number of amides is 1. The highest BCUT2D eigenvalue weighted by Crippen LogP contribution is 2.37. The molecule has 4 aromatic rings. The van der Waals surface area contributed by atoms with Crippen molar-refractivity contribution in [2.24, 2.45) is 0 Å². The number of nitrogens with zero attached hydrogens (tertiary/aromatic N) is 3. The fraction of sp³-hybridized carbons (Fsp3) is 0.207. The summed E-state index contributed by atoms with van der Waals surface area (Å²) in [5.41, 5.74) is 3.03. The number of halogens is 2. The van der Waals surface area contributed by atoms with Crippen LogP contribution in [0.25, 0.3) is 0 Å². The number of carbonyl (C=O) groups excluding carboxylic acids is 1. The molecular weight excluding hydrogens is 537 g/mol. The Bertz CT molecular complexity index is 1490. The third-order valence-corrected chi connectivity index (χ3v) is 7.58. The Balaban J connectivity index is 1.45. The smallest absolute Gasteiger partial charge is 0.255 e. The Morgan fingerprint density at radius 2 is 1.90 bits per heavy atom. The lowest BCUT2D eigenvalue weighted by Crippen LogP contribution is -2.31. The summed E-state index contributed by atoms with van der Waals surface area (Å²) >= 11 is 7.71. The first kappa shape index (κ1) is 26.8. The van der Waals surface area contributed by atoms with Crippen molar-refractivity contribution in [2.45, 2.75) is 38.1 Å². The summed E-state index contributed by atoms with van der Waals surface area (Å²) in [5.74, 6) is 1.34. The zero-order valence-electron chi connectivity index (χ0n) is 21.4. The lowest BCUT2D eigenvalue weighted by Gasteiger charge is -2.28. The van der Waals surface area contributed by atoms with Crippen molar-refractivity contribution < 1.29 is 13.9 Å². The van der Waals surface area contributed by atoms with Crippen molar-refractivity contribution >= 4 is 40.9 Å². The Morgan fingerprint density at radius 1 is 1.13 bits per heavy atom. The molecule has 5 rings (SSSR count). The molecule has 10 heteroatoms. The summed E-state index contributed by atoms with van der Waals surface area (Å²) in [7, 11) is 0. The van der Waals surface area contributed by atoms with Gasteiger partial charge in [0.05, 0.1) is 10.6 Å². The highest BCUT2D eigenvalue weighted by Gasteiger charge is 2.34. The molecule has 0 fully saturated rings. The number of carbonyl (C=O) groups is 1. The Kier molecular flexibility index (Phi) is 8.18. The number of nitrogens with one attached hydrogen (secondary N) is 2. The van der Waals surface area contributed by atoms with Gasteiger partial charge in [0.2, 0.25) is 11.1 Å². The van der Waals surface area contributed by atoms with Crippen molar-refractivity contribution in [3.63, 3.8) is 0 Å². The molecule has 1 amide bonds. The maximum atomic E-state index is 14.2. The van der Waals surface area contributed by atoms with Gasteiger partial charge in [0, 0.05) is 22.7 Å². The molecule has 39 heavy (non-hydrogen) atoms. The molecule has 3 aromatic carbocycles. The minimum atomic E-state index is -0.525. The minimum absolute atomic E-state index is 0.00677. The van der Waals surface area contributed by atoms with Gasteiger partial charge in [-0.25, -0.2) is 9.07 Å². The number of hydrogen-bond donors (Lipinski definition) is 2. The number of hydrogen-bond acceptors (Lipinski definition) is 6. The number of benzene rings is 3. The molecule has 0 saturated carbocycles. The van der Waals surface area contributed by atoms with Crippen LogP contribution in [0.15, 0.2) is 89.2 Å². The second-order valence-electron chi connectivity index (χ2n) is 8.96. The average molecular weight is 564 g/mol. The van der Waals surface area contributed by atoms with E-state index in [1.165, 1.54) is 6.07 Å². The molecule has 2 N–H and O–H groups in total. The molecule has 200 valence electrons. The fourth-order valence-electron chi connectivity index (χ4n) is 4.28. The van der Waals surface area contributed by atoms with Crippen molar-refractivity contribution in [1.29, 1.82) is 0 Å². The minimum Gasteiger partial charge on any atom is -0.489 e. The molecule has 1 aromatic heterocycles. The Morgan fingerprint density at radius 3 is 2.62 bits per heavy atom. The number of aromatic nitrogens is 3. The van der Waals surface area contributed by atoms with Gasteiger partial charge >= 0.3 is 0 Å². The van der Waals surface area contributed by atoms with Gasteiger partial charge in [-0.3, -0.25) is 4.79 Å². The van der Waals surface area contributed by atoms with Crippen molar-refractivity contribution in [2.75, 3.05) is 16.4 Å². The van der Waals surface area contributed by atoms with Gasteiger partial charge in [-0.2, -0.15) is 4.98 Å². The second-order valence-corrected chi connectivity index (χ2v) is 10.4. The van der Waals surface area contributed by atoms with Gasteiger partial charge in [-0.05, 0) is 55.3 Å². The van der Waals surface area contributed by atoms with Gasteiger partial charge in [-0.15, -0.1) is 5.10 Å². The molecule has 7 nitrogen and oxygen atoms in total. The third kappa shape index (κ3) is 5.94. The molecular formula is C29H27ClFN5O2S. The summed E-state index contributed by atoms with van der Waals surface area (Å²) < 4.78 is 21.7. The quantitative estimate of drug-likeness (QED) is 0.212. The zero-order chi connectivity index (χ0) is 27.4. The standard InChI is InChI=1S/C29H27ClFN5O2S/c1-3-16-39-29-34-28-32-18(2)25(27(37)33-20-8-5-4-6-9-20)26(36(28)35-29)19-12-14-21(15-13-19)38-17-22-23(30)10-7-11-24(22)31/h4-15,26H,3,16-17H2,1-2H3,(H,33,37)(H,32,34,35). The van der Waals surface area contributed by atoms with E-state index < -0.39 is 11.9 Å². The largest absolute Gasteiger partial charge is 0.489 e. The number of para-hydroxylation sites is 1. The number of rotatable bonds is 9. The van der Waals surface area contributed by atoms with Crippen LogP contribution in [0.5, 0.6) is 5.75 Å². The normalized spacial score (nSPS) is 14.5. The molecule has 0 aliphatic carbocycles. The van der Waals surface area contributed by atoms with E-state index in [2.05, 4.69) is 22.5 Å². The first-order valence-electron chi connectivity index (χ1n) is 12.5. The van der Waals surface area contributed by atoms with E-state index in [1.54, 1.807) is 40.7 Å². The lowest BCUT2D eigenvalue weighted by atomic mass is 9.95. The van der Waals surface area contributed by atoms with Crippen molar-refractivity contribution in [3.8, 4) is 5.75 Å². The van der Waals surface area contributed by atoms with E-state index in [1.807, 2.05) is 49.4 Å². The van der Waals surface area contributed by atoms with Crippen LogP contribution >= 0.6 is 23.4 Å². The zero-order valence-corrected chi connectivity index (χ0v) is 23.0. The molecule has 0 saturated heterocycles. The summed E-state index contributed by atoms with van der Waals surface area (Å²) in [6, 6.07) is 20.7. The highest BCUT2D eigenvalue weighted by atomic mass is 35.5. The van der Waals surface area contributed by atoms with Gasteiger partial charge in [0.1, 0.15) is 24.2 Å². The second kappa shape index (κ2) is 11.9. The van der Waals surface area contributed by atoms with E-state index in [4.69, 9.17) is 21.4 Å². The van der Waals surface area contributed by atoms with Crippen LogP contribution in [0.3, 0.4) is 0 Å². The van der Waals surface area contributed by atoms with E-state index in [0.717, 1.165) is 17.7 Å². The van der Waals surface area contributed by atoms with E-state index >= 15 is 0 Å². The SMILES string of the molecule is CCCSc1nc2n(n1)C(c1ccc(OCc3c(F)cccc3Cl)cc1)C(C(=O)Nc1ccccc1)=C(C)N2. The third-order valence-electron chi connectivity index (χ3n) is 6.19. The van der Waals surface area contributed by atoms with Crippen LogP contribution in [0, 0.1) is 5.82 Å². The van der Waals surface area contributed by atoms with Gasteiger partial charge in [0.25, 0.3) is 5.91 Å². The molecule has 1 aliphatic rings. The van der Waals surface area contributed by atoms with Gasteiger partial charge in [-0.1, -0.05) is 66.7 Å². The summed E-state index contributed by atoms with van der Waals surface area (Å²) in [4.78, 5) is 18.2. The monoisotopic (exact) mass is 563 g/mol. The van der Waals surface area contributed by atoms with E-state index in [9.17, 15) is 9.18 Å². The topological polar surface area (TPSA) is 81.1 Å². The fourth-order valence-corrected chi connectivity index (χ4v) is 5.18. The molecule has 0 bridgehead atoms. The number of anilines is 2. The number of thioether (sulfide) groups is 1. The first-order valence-corrected chi connectivity index (χ1v) is 13.9. The van der Waals surface area contributed by atoms with Crippen molar-refractivity contribution in [1.82, 2.24) is 14.8 Å². The average Bonchev–Trinajstić information content (AvgIpc) is 3.34. The maximum Gasteiger partial charge on any atom is 0.255 e. The van der Waals surface area contributed by atoms with Crippen LogP contribution < -0.4 is 15.4 Å². The Labute approximate surface area is 235 Å². The summed E-state index contributed by atoms with van der Waals surface area (Å²) in [6.07, 6.45) is 0.993. The highest BCUT2D eigenvalue weighted by molar-refractivity contribution is 7.99. The molecule has 0 spiro atoms. The first-order chi connectivity index (χ1) is 18.9.